The highest BCUT2D eigenvalue weighted by Gasteiger charge is 2.58. The number of amides is 1. The van der Waals surface area contributed by atoms with Gasteiger partial charge >= 0.3 is 17.9 Å². The van der Waals surface area contributed by atoms with E-state index in [1.807, 2.05) is 45.0 Å². The van der Waals surface area contributed by atoms with Gasteiger partial charge in [0.15, 0.2) is 12.6 Å². The van der Waals surface area contributed by atoms with Gasteiger partial charge in [0.1, 0.15) is 75.9 Å². The summed E-state index contributed by atoms with van der Waals surface area (Å²) in [7, 11) is 1.48. The number of nitrogens with zero attached hydrogens (tertiary/aromatic N) is 2. The maximum absolute atomic E-state index is 14.1. The van der Waals surface area contributed by atoms with Gasteiger partial charge < -0.3 is 48.5 Å². The highest BCUT2D eigenvalue weighted by atomic mass is 16.6. The Labute approximate surface area is 346 Å². The van der Waals surface area contributed by atoms with Gasteiger partial charge in [0, 0.05) is 42.5 Å². The average Bonchev–Trinajstić information content (AvgIpc) is 3.86. The van der Waals surface area contributed by atoms with Gasteiger partial charge in [0.2, 0.25) is 0 Å². The number of hydrogen-bond donors (Lipinski definition) is 3. The normalized spacial score (nSPS) is 35.6. The number of cyclic esters (lactones) is 1. The van der Waals surface area contributed by atoms with Crippen LogP contribution in [0.1, 0.15) is 73.9 Å². The van der Waals surface area contributed by atoms with Crippen molar-refractivity contribution in [1.82, 2.24) is 4.98 Å². The van der Waals surface area contributed by atoms with Crippen LogP contribution < -0.4 is 5.73 Å². The molecule has 1 aliphatic carbocycles. The van der Waals surface area contributed by atoms with Crippen molar-refractivity contribution in [3.63, 3.8) is 0 Å². The first-order valence-corrected chi connectivity index (χ1v) is 21.2. The number of fused-ring (bicyclic) bond motifs is 4. The number of aromatic amines is 1. The molecule has 4 bridgehead atoms. The topological polar surface area (TPSA) is 176 Å². The first-order valence-electron chi connectivity index (χ1n) is 21.2. The summed E-state index contributed by atoms with van der Waals surface area (Å²) < 4.78 is 33.0. The van der Waals surface area contributed by atoms with Gasteiger partial charge in [-0.05, 0) is 57.4 Å². The van der Waals surface area contributed by atoms with E-state index in [-0.39, 0.29) is 24.2 Å². The third-order valence-corrected chi connectivity index (χ3v) is 14.3. The number of H-pyrrole nitrogens is 1. The minimum Gasteiger partial charge on any atom is -0.456 e. The van der Waals surface area contributed by atoms with E-state index in [1.54, 1.807) is 38.2 Å². The third-order valence-electron chi connectivity index (χ3n) is 14.3. The molecule has 1 aromatic heterocycles. The van der Waals surface area contributed by atoms with Crippen molar-refractivity contribution in [2.45, 2.75) is 96.2 Å². The average molecular weight is 819 g/mol. The van der Waals surface area contributed by atoms with E-state index in [0.29, 0.717) is 30.8 Å². The summed E-state index contributed by atoms with van der Waals surface area (Å²) in [4.78, 5) is 56.0. The highest BCUT2D eigenvalue weighted by Crippen LogP contribution is 2.53. The summed E-state index contributed by atoms with van der Waals surface area (Å²) in [5.41, 5.74) is 7.32. The molecule has 4 N–H and O–H groups in total. The van der Waals surface area contributed by atoms with Crippen LogP contribution in [0.15, 0.2) is 66.4 Å². The molecule has 1 unspecified atom stereocenters. The molecule has 4 saturated heterocycles. The van der Waals surface area contributed by atoms with Gasteiger partial charge in [0.05, 0.1) is 17.3 Å². The number of ether oxygens (including phenoxy) is 5. The number of aliphatic hydroxyl groups excluding tert-OH is 1. The number of benzene rings is 1. The van der Waals surface area contributed by atoms with Gasteiger partial charge in [0.25, 0.3) is 5.91 Å². The van der Waals surface area contributed by atoms with Crippen LogP contribution in [0.3, 0.4) is 0 Å². The lowest BCUT2D eigenvalue weighted by Gasteiger charge is -2.55. The summed E-state index contributed by atoms with van der Waals surface area (Å²) in [5.74, 6) is -3.13. The lowest BCUT2D eigenvalue weighted by molar-refractivity contribution is -1.08. The predicted octanol–water partition coefficient (Wildman–Crippen LogP) is 3.69. The number of esters is 3. The van der Waals surface area contributed by atoms with Gasteiger partial charge in [-0.25, -0.2) is 14.4 Å². The Morgan fingerprint density at radius 3 is 2.31 bits per heavy atom. The molecule has 320 valence electrons. The number of piperazine rings is 3. The molecule has 8 rings (SSSR count). The van der Waals surface area contributed by atoms with Crippen LogP contribution in [-0.4, -0.2) is 138 Å². The van der Waals surface area contributed by atoms with Crippen molar-refractivity contribution in [3.05, 3.63) is 83.2 Å². The molecular formula is C45H62N4O10+2. The van der Waals surface area contributed by atoms with Crippen molar-refractivity contribution in [1.29, 1.82) is 0 Å². The molecule has 6 aliphatic rings. The second kappa shape index (κ2) is 17.0. The van der Waals surface area contributed by atoms with E-state index in [9.17, 15) is 24.3 Å². The standard InChI is InChI=1S/C45H60N4O10/c1-27-22-28(2)45-24-32(41(59-45)40(29(3)30(4)50)58-43(53)36-12-9-15-47-36)13-14-34(45)23-37(55-6)44(54)57-39(27)31(5)56-42(52)35-11-8-7-10-33(35)25-48-16-19-49(20-17-48,21-18-48)26-38(46)51/h7-15,22,27,29-32,34,37,39-41,50H,16-21,23-26H2,1-6H3,(H-2,46,47,51,53)/p+2/b28-22+/t27-,29-,30+,31-,32-,34?,37+,39+,40-,41-,45+,48?,49?/m1/s1. The van der Waals surface area contributed by atoms with Crippen molar-refractivity contribution >= 4 is 23.8 Å². The highest BCUT2D eigenvalue weighted by molar-refractivity contribution is 5.91. The number of primary amides is 1. The van der Waals surface area contributed by atoms with E-state index in [2.05, 4.69) is 17.1 Å². The summed E-state index contributed by atoms with van der Waals surface area (Å²) >= 11 is 0. The van der Waals surface area contributed by atoms with Gasteiger partial charge in [-0.1, -0.05) is 50.3 Å². The Bertz CT molecular complexity index is 1920. The molecular weight excluding hydrogens is 757 g/mol. The Morgan fingerprint density at radius 2 is 1.66 bits per heavy atom. The number of carbonyl (C=O) groups is 4. The van der Waals surface area contributed by atoms with E-state index in [0.717, 1.165) is 59.4 Å². The fraction of sp³-hybridized carbons (Fsp3) is 0.600. The van der Waals surface area contributed by atoms with Crippen LogP contribution >= 0.6 is 0 Å². The molecule has 1 amide bonds. The number of carbonyl (C=O) groups excluding carboxylic acids is 4. The zero-order valence-corrected chi connectivity index (χ0v) is 35.2. The van der Waals surface area contributed by atoms with Crippen LogP contribution in [0.4, 0.5) is 0 Å². The monoisotopic (exact) mass is 818 g/mol. The molecule has 1 spiro atoms. The number of rotatable bonds is 13. The molecule has 1 aromatic carbocycles. The van der Waals surface area contributed by atoms with Crippen molar-refractivity contribution in [2.75, 3.05) is 52.9 Å². The molecule has 14 heteroatoms. The lowest BCUT2D eigenvalue weighted by Crippen LogP contribution is -2.75. The first kappa shape index (κ1) is 42.8. The predicted molar refractivity (Wildman–Crippen MR) is 216 cm³/mol. The fourth-order valence-electron chi connectivity index (χ4n) is 10.5. The second-order valence-electron chi connectivity index (χ2n) is 18.0. The number of nitrogens with two attached hydrogens (primary N) is 1. The Balaban J connectivity index is 1.12. The number of nitrogens with one attached hydrogen (secondary N) is 1. The first-order chi connectivity index (χ1) is 28.1. The van der Waals surface area contributed by atoms with E-state index in [4.69, 9.17) is 29.4 Å². The molecule has 0 saturated carbocycles. The van der Waals surface area contributed by atoms with Gasteiger partial charge in [-0.15, -0.1) is 0 Å². The van der Waals surface area contributed by atoms with Crippen LogP contribution in [0.25, 0.3) is 0 Å². The number of aromatic nitrogens is 1. The summed E-state index contributed by atoms with van der Waals surface area (Å²) in [6, 6.07) is 10.9. The molecule has 2 aromatic rings. The van der Waals surface area contributed by atoms with Gasteiger partial charge in [-0.3, -0.25) is 4.79 Å². The van der Waals surface area contributed by atoms with Crippen LogP contribution in [0.5, 0.6) is 0 Å². The fourth-order valence-corrected chi connectivity index (χ4v) is 10.5. The van der Waals surface area contributed by atoms with Crippen LogP contribution in [0, 0.1) is 23.7 Å². The number of hydrogen-bond acceptors (Lipinski definition) is 10. The zero-order chi connectivity index (χ0) is 42.3. The largest absolute Gasteiger partial charge is 0.456 e. The number of quaternary nitrogens is 2. The Morgan fingerprint density at radius 1 is 0.966 bits per heavy atom. The van der Waals surface area contributed by atoms with Crippen LogP contribution in [-0.2, 0) is 39.8 Å². The van der Waals surface area contributed by atoms with Crippen molar-refractivity contribution in [2.24, 2.45) is 29.4 Å². The Hall–Kier alpha value is -4.34. The summed E-state index contributed by atoms with van der Waals surface area (Å²) in [6.45, 7) is 15.6. The molecule has 4 fully saturated rings. The molecule has 5 aliphatic heterocycles. The van der Waals surface area contributed by atoms with E-state index < -0.39 is 72.0 Å². The quantitative estimate of drug-likeness (QED) is 0.117. The SMILES string of the molecule is CO[C@H]1CC2C=C[C@@H]3C[C@]2(O[C@H]3[C@H](OC(=O)c2ccc[nH]2)[C@H](C)[C@H](C)O)/C(C)=C/[C@@H](C)[C@@H]([C@@H](C)OC(=O)c2ccccc2C[N+]23CC[N+](CC(N)=O)(CC2)CC3)OC1=O. The van der Waals surface area contributed by atoms with E-state index in [1.165, 1.54) is 7.11 Å². The summed E-state index contributed by atoms with van der Waals surface area (Å²) in [5, 5.41) is 10.8. The minimum absolute atomic E-state index is 0.142. The van der Waals surface area contributed by atoms with Crippen LogP contribution in [0.2, 0.25) is 0 Å². The van der Waals surface area contributed by atoms with Crippen molar-refractivity contribution < 1.29 is 56.9 Å². The molecule has 14 nitrogen and oxygen atoms in total. The van der Waals surface area contributed by atoms with E-state index >= 15 is 0 Å². The number of methoxy groups -OCH3 is 1. The maximum atomic E-state index is 14.1. The number of aliphatic hydroxyl groups is 1. The molecule has 59 heavy (non-hydrogen) atoms. The molecule has 6 heterocycles. The van der Waals surface area contributed by atoms with Gasteiger partial charge in [-0.2, -0.15) is 0 Å². The molecule has 0 radical (unpaired) electrons. The Kier molecular flexibility index (Phi) is 12.3. The zero-order valence-electron chi connectivity index (χ0n) is 35.2. The summed E-state index contributed by atoms with van der Waals surface area (Å²) in [6.07, 6.45) is 3.92. The lowest BCUT2D eigenvalue weighted by atomic mass is 9.69. The van der Waals surface area contributed by atoms with Crippen molar-refractivity contribution in [3.8, 4) is 0 Å². The third kappa shape index (κ3) is 8.52. The smallest absolute Gasteiger partial charge is 0.355 e. The minimum atomic E-state index is -0.939. The second-order valence-corrected chi connectivity index (χ2v) is 18.0. The molecule has 11 atom stereocenters. The maximum Gasteiger partial charge on any atom is 0.355 e.